The number of rotatable bonds is 11. The summed E-state index contributed by atoms with van der Waals surface area (Å²) in [6.07, 6.45) is 9.88. The molecule has 4 amide bonds. The van der Waals surface area contributed by atoms with Crippen LogP contribution in [0.5, 0.6) is 11.6 Å². The second-order valence-electron chi connectivity index (χ2n) is 18.2. The summed E-state index contributed by atoms with van der Waals surface area (Å²) >= 11 is 0. The van der Waals surface area contributed by atoms with Crippen LogP contribution in [-0.4, -0.2) is 104 Å². The Hall–Kier alpha value is -4.44. The van der Waals surface area contributed by atoms with E-state index in [0.29, 0.717) is 61.9 Å². The molecule has 10 atom stereocenters. The lowest BCUT2D eigenvalue weighted by Crippen LogP contribution is -2.59. The van der Waals surface area contributed by atoms with Gasteiger partial charge in [-0.2, -0.15) is 0 Å². The van der Waals surface area contributed by atoms with Gasteiger partial charge in [-0.3, -0.25) is 19.1 Å². The number of alkyl carbamates (subject to hydrolysis) is 1. The molecule has 1 aromatic heterocycles. The van der Waals surface area contributed by atoms with Gasteiger partial charge in [0.15, 0.2) is 0 Å². The number of hydrogen-bond acceptors (Lipinski definition) is 11. The summed E-state index contributed by atoms with van der Waals surface area (Å²) in [5.74, 6) is -0.450. The van der Waals surface area contributed by atoms with Crippen LogP contribution < -0.4 is 24.8 Å². The first-order valence-electron chi connectivity index (χ1n) is 21.2. The third kappa shape index (κ3) is 8.61. The second kappa shape index (κ2) is 16.2. The van der Waals surface area contributed by atoms with E-state index >= 15 is 0 Å². The number of nitrogens with zero attached hydrogens (tertiary/aromatic N) is 2. The van der Waals surface area contributed by atoms with E-state index in [9.17, 15) is 27.6 Å². The zero-order valence-electron chi connectivity index (χ0n) is 34.3. The zero-order chi connectivity index (χ0) is 41.7. The molecule has 1 aromatic carbocycles. The SMILES string of the molecule is COCCOc1cnc(O[C@@H]2C[C@H]3C(=O)N[C@]4(C(=O)NS(=O)(=O)C5(C)CC5)C[C@H]4/C=C\CC[C@@H](C)C[C@@H](C)[C@H](NC(=O)OC4CC5C[C@H]5C4)C(=O)N3C2)c2ccccc12. The summed E-state index contributed by atoms with van der Waals surface area (Å²) in [7, 11) is -2.41. The van der Waals surface area contributed by atoms with Crippen molar-refractivity contribution < 1.29 is 46.5 Å². The van der Waals surface area contributed by atoms with Gasteiger partial charge in [0.05, 0.1) is 24.1 Å². The van der Waals surface area contributed by atoms with E-state index in [2.05, 4.69) is 27.3 Å². The molecule has 16 heteroatoms. The number of methoxy groups -OCH3 is 1. The molecule has 0 radical (unpaired) electrons. The highest BCUT2D eigenvalue weighted by atomic mass is 32.2. The van der Waals surface area contributed by atoms with E-state index in [1.54, 1.807) is 20.2 Å². The number of sulfonamides is 1. The number of nitrogens with one attached hydrogen (secondary N) is 3. The van der Waals surface area contributed by atoms with Crippen molar-refractivity contribution in [2.45, 2.75) is 120 Å². The molecule has 6 aliphatic rings. The number of allylic oxidation sites excluding steroid dienone is 1. The van der Waals surface area contributed by atoms with Crippen LogP contribution in [-0.2, 0) is 33.9 Å². The molecule has 3 heterocycles. The molecule has 320 valence electrons. The quantitative estimate of drug-likeness (QED) is 0.215. The molecular weight excluding hydrogens is 779 g/mol. The Morgan fingerprint density at radius 3 is 2.47 bits per heavy atom. The number of carbonyl (C=O) groups excluding carboxylic acids is 4. The number of aromatic nitrogens is 1. The van der Waals surface area contributed by atoms with E-state index in [0.717, 1.165) is 24.6 Å². The van der Waals surface area contributed by atoms with Gasteiger partial charge in [-0.25, -0.2) is 18.2 Å². The minimum Gasteiger partial charge on any atom is -0.489 e. The third-order valence-corrected chi connectivity index (χ3v) is 15.7. The van der Waals surface area contributed by atoms with Gasteiger partial charge in [0, 0.05) is 30.2 Å². The van der Waals surface area contributed by atoms with Gasteiger partial charge in [-0.15, -0.1) is 0 Å². The van der Waals surface area contributed by atoms with Crippen LogP contribution in [0, 0.1) is 29.6 Å². The number of ether oxygens (including phenoxy) is 4. The van der Waals surface area contributed by atoms with Crippen LogP contribution in [0.3, 0.4) is 0 Å². The molecule has 2 aromatic rings. The van der Waals surface area contributed by atoms with Crippen LogP contribution in [0.25, 0.3) is 10.8 Å². The maximum Gasteiger partial charge on any atom is 0.408 e. The molecule has 3 N–H and O–H groups in total. The maximum atomic E-state index is 15.0. The first-order valence-corrected chi connectivity index (χ1v) is 22.7. The number of amides is 4. The van der Waals surface area contributed by atoms with Crippen LogP contribution in [0.1, 0.15) is 85.0 Å². The topological polar surface area (TPSA) is 192 Å². The van der Waals surface area contributed by atoms with Crippen LogP contribution in [0.2, 0.25) is 0 Å². The Morgan fingerprint density at radius 2 is 1.75 bits per heavy atom. The molecule has 2 unspecified atom stereocenters. The fourth-order valence-corrected chi connectivity index (χ4v) is 10.7. The molecule has 5 fully saturated rings. The van der Waals surface area contributed by atoms with Gasteiger partial charge in [-0.1, -0.05) is 44.2 Å². The zero-order valence-corrected chi connectivity index (χ0v) is 35.1. The summed E-state index contributed by atoms with van der Waals surface area (Å²) < 4.78 is 51.2. The standard InChI is InChI=1S/C43H57N5O10S/c1-25-9-5-6-10-29-22-43(29,40(51)47-59(53,54)42(3)13-14-42)46-37(49)34-21-31(57-38-33-12-8-7-11-32(33)35(23-44-38)56-16-15-55-4)24-48(34)39(50)36(26(2)17-25)45-41(52)58-30-19-27-18-28(27)20-30/h6-8,10-12,23,25-31,34,36H,5,9,13-22,24H2,1-4H3,(H,45,52)(H,46,49)(H,47,51)/b10-6-/t25-,26-,27+,28?,29-,30?,31-,34+,36+,43-/m1/s1. The fraction of sp³-hybridized carbons (Fsp3) is 0.651. The number of benzene rings is 1. The van der Waals surface area contributed by atoms with Crippen molar-refractivity contribution in [3.05, 3.63) is 42.6 Å². The number of carbonyl (C=O) groups is 4. The lowest BCUT2D eigenvalue weighted by atomic mass is 9.88. The van der Waals surface area contributed by atoms with Crippen molar-refractivity contribution in [1.82, 2.24) is 25.2 Å². The Labute approximate surface area is 345 Å². The van der Waals surface area contributed by atoms with Gasteiger partial charge < -0.3 is 34.5 Å². The largest absolute Gasteiger partial charge is 0.489 e. The third-order valence-electron chi connectivity index (χ3n) is 13.5. The lowest BCUT2D eigenvalue weighted by Gasteiger charge is -2.33. The molecule has 59 heavy (non-hydrogen) atoms. The minimum atomic E-state index is -4.00. The van der Waals surface area contributed by atoms with Crippen molar-refractivity contribution in [3.63, 3.8) is 0 Å². The summed E-state index contributed by atoms with van der Waals surface area (Å²) in [5.41, 5.74) is -1.53. The summed E-state index contributed by atoms with van der Waals surface area (Å²) in [4.78, 5) is 63.1. The van der Waals surface area contributed by atoms with Gasteiger partial charge >= 0.3 is 6.09 Å². The van der Waals surface area contributed by atoms with Crippen LogP contribution in [0.15, 0.2) is 42.6 Å². The van der Waals surface area contributed by atoms with Gasteiger partial charge in [0.1, 0.15) is 42.2 Å². The van der Waals surface area contributed by atoms with E-state index in [1.165, 1.54) is 11.3 Å². The maximum absolute atomic E-state index is 15.0. The molecule has 2 aliphatic heterocycles. The Bertz CT molecular complexity index is 2100. The summed E-state index contributed by atoms with van der Waals surface area (Å²) in [6.45, 7) is 6.32. The monoisotopic (exact) mass is 835 g/mol. The highest BCUT2D eigenvalue weighted by molar-refractivity contribution is 7.91. The fourth-order valence-electron chi connectivity index (χ4n) is 9.41. The normalized spacial score (nSPS) is 34.2. The molecule has 1 saturated heterocycles. The van der Waals surface area contributed by atoms with E-state index in [1.807, 2.05) is 43.3 Å². The molecular formula is C43H57N5O10S. The molecule has 4 aliphatic carbocycles. The smallest absolute Gasteiger partial charge is 0.408 e. The number of fused-ring (bicyclic) bond motifs is 4. The van der Waals surface area contributed by atoms with Crippen LogP contribution >= 0.6 is 0 Å². The highest BCUT2D eigenvalue weighted by Crippen LogP contribution is 2.52. The summed E-state index contributed by atoms with van der Waals surface area (Å²) in [5, 5.41) is 7.28. The second-order valence-corrected chi connectivity index (χ2v) is 20.3. The Balaban J connectivity index is 1.09. The Morgan fingerprint density at radius 1 is 1.00 bits per heavy atom. The summed E-state index contributed by atoms with van der Waals surface area (Å²) in [6, 6.07) is 5.33. The van der Waals surface area contributed by atoms with E-state index in [-0.39, 0.29) is 43.2 Å². The average Bonchev–Trinajstić information content (AvgIpc) is 4.16. The minimum absolute atomic E-state index is 0.0181. The molecule has 0 spiro atoms. The van der Waals surface area contributed by atoms with Crippen molar-refractivity contribution in [2.75, 3.05) is 26.9 Å². The van der Waals surface area contributed by atoms with Crippen molar-refractivity contribution >= 4 is 44.6 Å². The van der Waals surface area contributed by atoms with Crippen molar-refractivity contribution in [3.8, 4) is 11.6 Å². The van der Waals surface area contributed by atoms with E-state index in [4.69, 9.17) is 18.9 Å². The lowest BCUT2D eigenvalue weighted by molar-refractivity contribution is -0.142. The van der Waals surface area contributed by atoms with E-state index < -0.39 is 68.2 Å². The molecule has 8 rings (SSSR count). The van der Waals surface area contributed by atoms with Crippen LogP contribution in [0.4, 0.5) is 4.79 Å². The Kier molecular flexibility index (Phi) is 11.3. The van der Waals surface area contributed by atoms with Gasteiger partial charge in [0.25, 0.3) is 5.91 Å². The first-order chi connectivity index (χ1) is 28.2. The molecule has 4 saturated carbocycles. The highest BCUT2D eigenvalue weighted by Gasteiger charge is 2.63. The number of pyridine rings is 1. The predicted molar refractivity (Wildman–Crippen MR) is 217 cm³/mol. The van der Waals surface area contributed by atoms with Crippen molar-refractivity contribution in [1.29, 1.82) is 0 Å². The predicted octanol–water partition coefficient (Wildman–Crippen LogP) is 4.39. The first kappa shape index (κ1) is 41.3. The molecule has 15 nitrogen and oxygen atoms in total. The van der Waals surface area contributed by atoms with Gasteiger partial charge in [0.2, 0.25) is 27.7 Å². The number of hydrogen-bond donors (Lipinski definition) is 3. The van der Waals surface area contributed by atoms with Crippen molar-refractivity contribution in [2.24, 2.45) is 29.6 Å². The average molecular weight is 836 g/mol. The van der Waals surface area contributed by atoms with Gasteiger partial charge in [-0.05, 0) is 94.4 Å². The molecule has 0 bridgehead atoms.